The molecule has 4 nitrogen and oxygen atoms in total. The van der Waals surface area contributed by atoms with Crippen LogP contribution in [0.1, 0.15) is 31.2 Å². The lowest BCUT2D eigenvalue weighted by atomic mass is 9.91. The van der Waals surface area contributed by atoms with Crippen molar-refractivity contribution in [1.29, 1.82) is 0 Å². The SMILES string of the molecule is CN(Cc1ccc(Cl)cc1)[C@H]1CC[C@H](Oc2ccc3c(=O)[nH]ccc3c2)CC1. The first-order valence-corrected chi connectivity index (χ1v) is 10.2. The van der Waals surface area contributed by atoms with E-state index in [1.54, 1.807) is 6.20 Å². The molecule has 1 aromatic heterocycles. The summed E-state index contributed by atoms with van der Waals surface area (Å²) in [6, 6.07) is 16.3. The van der Waals surface area contributed by atoms with Crippen molar-refractivity contribution in [3.8, 4) is 5.75 Å². The van der Waals surface area contributed by atoms with Gasteiger partial charge in [-0.25, -0.2) is 0 Å². The van der Waals surface area contributed by atoms with Crippen molar-refractivity contribution in [3.63, 3.8) is 0 Å². The fraction of sp³-hybridized carbons (Fsp3) is 0.348. The van der Waals surface area contributed by atoms with Gasteiger partial charge in [0.05, 0.1) is 6.10 Å². The van der Waals surface area contributed by atoms with E-state index in [1.165, 1.54) is 5.56 Å². The normalized spacial score (nSPS) is 19.8. The molecule has 146 valence electrons. The molecule has 0 unspecified atom stereocenters. The predicted octanol–water partition coefficient (Wildman–Crippen LogP) is 5.00. The van der Waals surface area contributed by atoms with Crippen LogP contribution in [-0.4, -0.2) is 29.1 Å². The van der Waals surface area contributed by atoms with Crippen LogP contribution in [0.2, 0.25) is 5.02 Å². The van der Waals surface area contributed by atoms with Gasteiger partial charge in [0, 0.05) is 29.2 Å². The van der Waals surface area contributed by atoms with Gasteiger partial charge in [-0.2, -0.15) is 0 Å². The Kier molecular flexibility index (Phi) is 5.69. The molecule has 0 radical (unpaired) electrons. The number of hydrogen-bond donors (Lipinski definition) is 1. The molecule has 1 aliphatic carbocycles. The predicted molar refractivity (Wildman–Crippen MR) is 114 cm³/mol. The minimum Gasteiger partial charge on any atom is -0.490 e. The number of H-pyrrole nitrogens is 1. The minimum atomic E-state index is -0.0618. The van der Waals surface area contributed by atoms with Crippen LogP contribution in [0.3, 0.4) is 0 Å². The second kappa shape index (κ2) is 8.38. The molecular weight excluding hydrogens is 372 g/mol. The van der Waals surface area contributed by atoms with E-state index >= 15 is 0 Å². The highest BCUT2D eigenvalue weighted by molar-refractivity contribution is 6.30. The van der Waals surface area contributed by atoms with E-state index in [0.29, 0.717) is 11.4 Å². The van der Waals surface area contributed by atoms with Gasteiger partial charge in [-0.05, 0) is 80.1 Å². The lowest BCUT2D eigenvalue weighted by Crippen LogP contribution is -2.37. The molecule has 5 heteroatoms. The molecule has 0 spiro atoms. The number of aromatic nitrogens is 1. The Bertz CT molecular complexity index is 991. The summed E-state index contributed by atoms with van der Waals surface area (Å²) in [5.74, 6) is 0.844. The monoisotopic (exact) mass is 396 g/mol. The fourth-order valence-corrected chi connectivity index (χ4v) is 4.17. The van der Waals surface area contributed by atoms with Crippen molar-refractivity contribution >= 4 is 22.4 Å². The molecule has 28 heavy (non-hydrogen) atoms. The Labute approximate surface area is 170 Å². The summed E-state index contributed by atoms with van der Waals surface area (Å²) < 4.78 is 6.22. The summed E-state index contributed by atoms with van der Waals surface area (Å²) in [6.45, 7) is 0.937. The lowest BCUT2D eigenvalue weighted by molar-refractivity contribution is 0.0979. The number of rotatable bonds is 5. The van der Waals surface area contributed by atoms with E-state index in [-0.39, 0.29) is 11.7 Å². The number of ether oxygens (including phenoxy) is 1. The van der Waals surface area contributed by atoms with Crippen LogP contribution in [-0.2, 0) is 6.54 Å². The summed E-state index contributed by atoms with van der Waals surface area (Å²) >= 11 is 5.97. The van der Waals surface area contributed by atoms with Crippen molar-refractivity contribution < 1.29 is 4.74 Å². The maximum Gasteiger partial charge on any atom is 0.255 e. The molecule has 0 aliphatic heterocycles. The number of benzene rings is 2. The molecular formula is C23H25ClN2O2. The van der Waals surface area contributed by atoms with Crippen LogP contribution in [0.5, 0.6) is 5.75 Å². The van der Waals surface area contributed by atoms with Crippen molar-refractivity contribution in [2.75, 3.05) is 7.05 Å². The van der Waals surface area contributed by atoms with Crippen molar-refractivity contribution in [2.24, 2.45) is 0 Å². The molecule has 1 saturated carbocycles. The third kappa shape index (κ3) is 4.40. The van der Waals surface area contributed by atoms with Crippen molar-refractivity contribution in [2.45, 2.75) is 44.4 Å². The second-order valence-electron chi connectivity index (χ2n) is 7.65. The van der Waals surface area contributed by atoms with E-state index in [0.717, 1.165) is 48.4 Å². The number of pyridine rings is 1. The molecule has 3 aromatic rings. The third-order valence-corrected chi connectivity index (χ3v) is 5.91. The van der Waals surface area contributed by atoms with E-state index in [2.05, 4.69) is 29.1 Å². The van der Waals surface area contributed by atoms with Crippen LogP contribution in [0.15, 0.2) is 59.5 Å². The standard InChI is InChI=1S/C23H25ClN2O2/c1-26(15-16-2-4-18(24)5-3-16)19-6-8-20(9-7-19)28-21-10-11-22-17(14-21)12-13-25-23(22)27/h2-5,10-14,19-20H,6-9,15H2,1H3,(H,25,27)/t19-,20-. The number of hydrogen-bond acceptors (Lipinski definition) is 3. The Morgan fingerprint density at radius 1 is 1.07 bits per heavy atom. The van der Waals surface area contributed by atoms with E-state index in [1.807, 2.05) is 36.4 Å². The first-order chi connectivity index (χ1) is 13.6. The van der Waals surface area contributed by atoms with E-state index < -0.39 is 0 Å². The Hall–Kier alpha value is -2.30. The maximum absolute atomic E-state index is 11.8. The highest BCUT2D eigenvalue weighted by Crippen LogP contribution is 2.28. The first-order valence-electron chi connectivity index (χ1n) is 9.81. The highest BCUT2D eigenvalue weighted by Gasteiger charge is 2.25. The maximum atomic E-state index is 11.8. The second-order valence-corrected chi connectivity index (χ2v) is 8.08. The van der Waals surface area contributed by atoms with Gasteiger partial charge in [0.25, 0.3) is 5.56 Å². The fourth-order valence-electron chi connectivity index (χ4n) is 4.05. The molecule has 1 heterocycles. The molecule has 4 rings (SSSR count). The van der Waals surface area contributed by atoms with E-state index in [4.69, 9.17) is 16.3 Å². The zero-order valence-corrected chi connectivity index (χ0v) is 16.8. The number of fused-ring (bicyclic) bond motifs is 1. The van der Waals surface area contributed by atoms with Crippen LogP contribution in [0.25, 0.3) is 10.8 Å². The molecule has 0 amide bonds. The zero-order valence-electron chi connectivity index (χ0n) is 16.0. The number of nitrogens with zero attached hydrogens (tertiary/aromatic N) is 1. The van der Waals surface area contributed by atoms with Gasteiger partial charge in [0.2, 0.25) is 0 Å². The van der Waals surface area contributed by atoms with Crippen LogP contribution < -0.4 is 10.3 Å². The summed E-state index contributed by atoms with van der Waals surface area (Å²) in [6.07, 6.45) is 6.26. The van der Waals surface area contributed by atoms with Gasteiger partial charge in [-0.15, -0.1) is 0 Å². The third-order valence-electron chi connectivity index (χ3n) is 5.66. The molecule has 0 saturated heterocycles. The molecule has 0 bridgehead atoms. The molecule has 0 atom stereocenters. The summed E-state index contributed by atoms with van der Waals surface area (Å²) in [4.78, 5) is 17.0. The van der Waals surface area contributed by atoms with Crippen LogP contribution >= 0.6 is 11.6 Å². The molecule has 1 aliphatic rings. The topological polar surface area (TPSA) is 45.3 Å². The zero-order chi connectivity index (χ0) is 19.5. The average Bonchev–Trinajstić information content (AvgIpc) is 2.70. The van der Waals surface area contributed by atoms with Gasteiger partial charge >= 0.3 is 0 Å². The quantitative estimate of drug-likeness (QED) is 0.659. The van der Waals surface area contributed by atoms with Gasteiger partial charge in [-0.1, -0.05) is 23.7 Å². The van der Waals surface area contributed by atoms with Crippen LogP contribution in [0.4, 0.5) is 0 Å². The van der Waals surface area contributed by atoms with Gasteiger partial charge in [0.1, 0.15) is 5.75 Å². The smallest absolute Gasteiger partial charge is 0.255 e. The van der Waals surface area contributed by atoms with E-state index in [9.17, 15) is 4.79 Å². The Balaban J connectivity index is 1.32. The van der Waals surface area contributed by atoms with Gasteiger partial charge in [-0.3, -0.25) is 9.69 Å². The number of aromatic amines is 1. The summed E-state index contributed by atoms with van der Waals surface area (Å²) in [5.41, 5.74) is 1.23. The Morgan fingerprint density at radius 2 is 1.82 bits per heavy atom. The largest absolute Gasteiger partial charge is 0.490 e. The minimum absolute atomic E-state index is 0.0618. The number of nitrogens with one attached hydrogen (secondary N) is 1. The van der Waals surface area contributed by atoms with Gasteiger partial charge < -0.3 is 9.72 Å². The highest BCUT2D eigenvalue weighted by atomic mass is 35.5. The van der Waals surface area contributed by atoms with Gasteiger partial charge in [0.15, 0.2) is 0 Å². The lowest BCUT2D eigenvalue weighted by Gasteiger charge is -2.34. The average molecular weight is 397 g/mol. The molecule has 2 aromatic carbocycles. The molecule has 1 N–H and O–H groups in total. The summed E-state index contributed by atoms with van der Waals surface area (Å²) in [5, 5.41) is 2.39. The van der Waals surface area contributed by atoms with Crippen molar-refractivity contribution in [3.05, 3.63) is 75.7 Å². The summed E-state index contributed by atoms with van der Waals surface area (Å²) in [7, 11) is 2.20. The first kappa shape index (κ1) is 19.0. The van der Waals surface area contributed by atoms with Crippen LogP contribution in [0, 0.1) is 0 Å². The Morgan fingerprint density at radius 3 is 2.57 bits per heavy atom. The molecule has 1 fully saturated rings. The van der Waals surface area contributed by atoms with Crippen molar-refractivity contribution in [1.82, 2.24) is 9.88 Å². The number of halogens is 1.